The minimum absolute atomic E-state index is 0.0610. The summed E-state index contributed by atoms with van der Waals surface area (Å²) in [5.41, 5.74) is 1.74. The molecule has 1 atom stereocenters. The van der Waals surface area contributed by atoms with Crippen LogP contribution in [-0.4, -0.2) is 41.4 Å². The zero-order valence-corrected chi connectivity index (χ0v) is 16.0. The van der Waals surface area contributed by atoms with Gasteiger partial charge in [-0.25, -0.2) is 14.4 Å². The smallest absolute Gasteiger partial charge is 0.233 e. The molecule has 1 N–H and O–H groups in total. The Balaban J connectivity index is 1.81. The zero-order valence-electron chi connectivity index (χ0n) is 14.4. The first kappa shape index (κ1) is 18.8. The lowest BCUT2D eigenvalue weighted by atomic mass is 10.2. The van der Waals surface area contributed by atoms with Crippen LogP contribution in [0.4, 0.5) is 4.39 Å². The fraction of sp³-hybridized carbons (Fsp3) is 0.278. The lowest BCUT2D eigenvalue weighted by Crippen LogP contribution is -2.33. The minimum Gasteiger partial charge on any atom is -0.383 e. The molecule has 2 aromatic heterocycles. The molecule has 0 radical (unpaired) electrons. The number of ether oxygens (including phenoxy) is 1. The van der Waals surface area contributed by atoms with Gasteiger partial charge in [0.15, 0.2) is 0 Å². The number of halogens is 1. The molecule has 0 saturated heterocycles. The quantitative estimate of drug-likeness (QED) is 0.378. The largest absolute Gasteiger partial charge is 0.383 e. The Morgan fingerprint density at radius 1 is 1.35 bits per heavy atom. The van der Waals surface area contributed by atoms with Crippen LogP contribution >= 0.6 is 23.1 Å². The van der Waals surface area contributed by atoms with Gasteiger partial charge in [0.2, 0.25) is 5.91 Å². The van der Waals surface area contributed by atoms with Gasteiger partial charge in [-0.05, 0) is 30.7 Å². The molecule has 3 aromatic rings. The zero-order chi connectivity index (χ0) is 18.5. The van der Waals surface area contributed by atoms with Gasteiger partial charge < -0.3 is 10.1 Å². The third-order valence-electron chi connectivity index (χ3n) is 3.67. The number of carbonyl (C=O) groups is 1. The van der Waals surface area contributed by atoms with Crippen molar-refractivity contribution in [2.75, 3.05) is 20.3 Å². The average Bonchev–Trinajstić information content (AvgIpc) is 3.07. The normalized spacial score (nSPS) is 12.3. The number of carbonyl (C=O) groups excluding carboxylic acids is 1. The van der Waals surface area contributed by atoms with E-state index < -0.39 is 0 Å². The fourth-order valence-corrected chi connectivity index (χ4v) is 4.43. The van der Waals surface area contributed by atoms with Crippen LogP contribution in [0.15, 0.2) is 41.7 Å². The topological polar surface area (TPSA) is 64.1 Å². The standard InChI is InChI=1S/C18H18FN3O2S2/c1-11(17(23)20-7-8-24-2)25-18-16-14(21-10-22-18)9-15(26-16)12-3-5-13(19)6-4-12/h3-6,9-11H,7-8H2,1-2H3,(H,20,23)/t11-/m0/s1. The number of nitrogens with one attached hydrogen (secondary N) is 1. The molecule has 0 spiro atoms. The van der Waals surface area contributed by atoms with Gasteiger partial charge in [0.25, 0.3) is 0 Å². The lowest BCUT2D eigenvalue weighted by Gasteiger charge is -2.11. The van der Waals surface area contributed by atoms with Crippen molar-refractivity contribution in [3.8, 4) is 10.4 Å². The van der Waals surface area contributed by atoms with Gasteiger partial charge in [-0.15, -0.1) is 11.3 Å². The van der Waals surface area contributed by atoms with Crippen molar-refractivity contribution in [2.24, 2.45) is 0 Å². The molecule has 0 bridgehead atoms. The summed E-state index contributed by atoms with van der Waals surface area (Å²) in [5.74, 6) is -0.326. The first-order valence-electron chi connectivity index (χ1n) is 8.02. The summed E-state index contributed by atoms with van der Waals surface area (Å²) in [6, 6.07) is 8.32. The van der Waals surface area contributed by atoms with Crippen molar-refractivity contribution in [1.82, 2.24) is 15.3 Å². The number of benzene rings is 1. The molecule has 0 unspecified atom stereocenters. The number of methoxy groups -OCH3 is 1. The van der Waals surface area contributed by atoms with Crippen LogP contribution in [0.2, 0.25) is 0 Å². The first-order valence-corrected chi connectivity index (χ1v) is 9.72. The van der Waals surface area contributed by atoms with Crippen LogP contribution < -0.4 is 5.32 Å². The highest BCUT2D eigenvalue weighted by Crippen LogP contribution is 2.37. The van der Waals surface area contributed by atoms with Gasteiger partial charge in [-0.1, -0.05) is 23.9 Å². The number of rotatable bonds is 7. The predicted molar refractivity (Wildman–Crippen MR) is 103 cm³/mol. The molecule has 1 aromatic carbocycles. The third kappa shape index (κ3) is 4.38. The number of aromatic nitrogens is 2. The van der Waals surface area contributed by atoms with Crippen LogP contribution in [0.1, 0.15) is 6.92 Å². The maximum absolute atomic E-state index is 13.1. The number of hydrogen-bond donors (Lipinski definition) is 1. The fourth-order valence-electron chi connectivity index (χ4n) is 2.31. The van der Waals surface area contributed by atoms with Crippen LogP contribution in [0.25, 0.3) is 20.7 Å². The molecule has 8 heteroatoms. The Morgan fingerprint density at radius 3 is 2.85 bits per heavy atom. The second-order valence-electron chi connectivity index (χ2n) is 5.55. The maximum Gasteiger partial charge on any atom is 0.233 e. The van der Waals surface area contributed by atoms with Gasteiger partial charge in [0.05, 0.1) is 22.1 Å². The van der Waals surface area contributed by atoms with Gasteiger partial charge in [-0.2, -0.15) is 0 Å². The monoisotopic (exact) mass is 391 g/mol. The van der Waals surface area contributed by atoms with Gasteiger partial charge in [-0.3, -0.25) is 4.79 Å². The summed E-state index contributed by atoms with van der Waals surface area (Å²) < 4.78 is 19.0. The summed E-state index contributed by atoms with van der Waals surface area (Å²) in [7, 11) is 1.59. The highest BCUT2D eigenvalue weighted by molar-refractivity contribution is 8.00. The van der Waals surface area contributed by atoms with Gasteiger partial charge in [0, 0.05) is 18.5 Å². The summed E-state index contributed by atoms with van der Waals surface area (Å²) in [5, 5.41) is 3.30. The average molecular weight is 391 g/mol. The molecule has 2 heterocycles. The number of fused-ring (bicyclic) bond motifs is 1. The second-order valence-corrected chi connectivity index (χ2v) is 7.94. The first-order chi connectivity index (χ1) is 12.6. The van der Waals surface area contributed by atoms with E-state index in [1.807, 2.05) is 13.0 Å². The molecule has 3 rings (SSSR count). The summed E-state index contributed by atoms with van der Waals surface area (Å²) in [6.07, 6.45) is 1.50. The molecular formula is C18H18FN3O2S2. The number of thioether (sulfide) groups is 1. The van der Waals surface area contributed by atoms with Crippen LogP contribution in [0.3, 0.4) is 0 Å². The summed E-state index contributed by atoms with van der Waals surface area (Å²) in [4.78, 5) is 21.8. The van der Waals surface area contributed by atoms with Gasteiger partial charge >= 0.3 is 0 Å². The summed E-state index contributed by atoms with van der Waals surface area (Å²) >= 11 is 2.93. The van der Waals surface area contributed by atoms with E-state index >= 15 is 0 Å². The third-order valence-corrected chi connectivity index (χ3v) is 6.08. The molecule has 0 aliphatic carbocycles. The molecular weight excluding hydrogens is 373 g/mol. The molecule has 0 saturated carbocycles. The lowest BCUT2D eigenvalue weighted by molar-refractivity contribution is -0.120. The van der Waals surface area contributed by atoms with E-state index in [9.17, 15) is 9.18 Å². The predicted octanol–water partition coefficient (Wildman–Crippen LogP) is 3.74. The van der Waals surface area contributed by atoms with Crippen molar-refractivity contribution in [3.05, 3.63) is 42.5 Å². The van der Waals surface area contributed by atoms with E-state index in [-0.39, 0.29) is 17.0 Å². The van der Waals surface area contributed by atoms with E-state index in [2.05, 4.69) is 15.3 Å². The Morgan fingerprint density at radius 2 is 2.12 bits per heavy atom. The van der Waals surface area contributed by atoms with Crippen molar-refractivity contribution in [2.45, 2.75) is 17.2 Å². The van der Waals surface area contributed by atoms with Crippen molar-refractivity contribution >= 4 is 39.2 Å². The van der Waals surface area contributed by atoms with Crippen LogP contribution in [0, 0.1) is 5.82 Å². The van der Waals surface area contributed by atoms with Crippen molar-refractivity contribution in [3.63, 3.8) is 0 Å². The molecule has 0 fully saturated rings. The highest BCUT2D eigenvalue weighted by atomic mass is 32.2. The van der Waals surface area contributed by atoms with E-state index in [4.69, 9.17) is 4.74 Å². The highest BCUT2D eigenvalue weighted by Gasteiger charge is 2.18. The molecule has 1 amide bonds. The number of thiophene rings is 1. The molecule has 5 nitrogen and oxygen atoms in total. The maximum atomic E-state index is 13.1. The van der Waals surface area contributed by atoms with E-state index in [0.717, 1.165) is 25.7 Å². The van der Waals surface area contributed by atoms with Crippen molar-refractivity contribution < 1.29 is 13.9 Å². The Labute approximate surface area is 159 Å². The van der Waals surface area contributed by atoms with Crippen LogP contribution in [-0.2, 0) is 9.53 Å². The second kappa shape index (κ2) is 8.57. The number of hydrogen-bond acceptors (Lipinski definition) is 6. The molecule has 136 valence electrons. The Bertz CT molecular complexity index is 899. The van der Waals surface area contributed by atoms with E-state index in [0.29, 0.717) is 13.2 Å². The Kier molecular flexibility index (Phi) is 6.18. The van der Waals surface area contributed by atoms with Gasteiger partial charge in [0.1, 0.15) is 17.2 Å². The minimum atomic E-state index is -0.290. The molecule has 0 aliphatic heterocycles. The SMILES string of the molecule is COCCNC(=O)[C@H](C)Sc1ncnc2cc(-c3ccc(F)cc3)sc12. The number of nitrogens with zero attached hydrogens (tertiary/aromatic N) is 2. The number of amides is 1. The van der Waals surface area contributed by atoms with Crippen molar-refractivity contribution in [1.29, 1.82) is 0 Å². The molecule has 0 aliphatic rings. The Hall–Kier alpha value is -2.03. The van der Waals surface area contributed by atoms with Crippen LogP contribution in [0.5, 0.6) is 0 Å². The molecule has 26 heavy (non-hydrogen) atoms. The van der Waals surface area contributed by atoms with E-state index in [1.54, 1.807) is 19.2 Å². The summed E-state index contributed by atoms with van der Waals surface area (Å²) in [6.45, 7) is 2.80. The van der Waals surface area contributed by atoms with E-state index in [1.165, 1.54) is 41.6 Å².